The Morgan fingerprint density at radius 3 is 2.74 bits per heavy atom. The first-order valence-electron chi connectivity index (χ1n) is 9.19. The van der Waals surface area contributed by atoms with Crippen LogP contribution in [0.3, 0.4) is 0 Å². The highest BCUT2D eigenvalue weighted by Crippen LogP contribution is 2.58. The summed E-state index contributed by atoms with van der Waals surface area (Å²) in [7, 11) is 0. The van der Waals surface area contributed by atoms with E-state index in [1.54, 1.807) is 17.0 Å². The molecule has 2 aliphatic rings. The normalized spacial score (nSPS) is 23.3. The Morgan fingerprint density at radius 1 is 1.15 bits per heavy atom. The van der Waals surface area contributed by atoms with E-state index in [-0.39, 0.29) is 29.1 Å². The van der Waals surface area contributed by atoms with Crippen molar-refractivity contribution in [1.82, 2.24) is 10.2 Å². The molecule has 140 valence electrons. The molecule has 0 radical (unpaired) electrons. The molecule has 5 nitrogen and oxygen atoms in total. The number of hydrogen-bond acceptors (Lipinski definition) is 2. The molecule has 2 fully saturated rings. The van der Waals surface area contributed by atoms with Gasteiger partial charge in [-0.25, -0.2) is 9.18 Å². The third-order valence-electron chi connectivity index (χ3n) is 5.56. The minimum Gasteiger partial charge on any atom is -0.334 e. The highest BCUT2D eigenvalue weighted by Gasteiger charge is 2.61. The van der Waals surface area contributed by atoms with Gasteiger partial charge < -0.3 is 15.5 Å². The van der Waals surface area contributed by atoms with Crippen molar-refractivity contribution in [2.24, 2.45) is 11.3 Å². The van der Waals surface area contributed by atoms with Gasteiger partial charge in [0, 0.05) is 36.7 Å². The summed E-state index contributed by atoms with van der Waals surface area (Å²) in [6.07, 6.45) is 1.60. The Morgan fingerprint density at radius 2 is 1.96 bits per heavy atom. The maximum atomic E-state index is 13.3. The number of anilines is 1. The van der Waals surface area contributed by atoms with Gasteiger partial charge in [0.25, 0.3) is 0 Å². The first-order chi connectivity index (χ1) is 13.1. The molecule has 1 saturated heterocycles. The summed E-state index contributed by atoms with van der Waals surface area (Å²) in [5, 5.41) is 5.73. The third-order valence-corrected chi connectivity index (χ3v) is 5.56. The Bertz CT molecular complexity index is 858. The molecule has 27 heavy (non-hydrogen) atoms. The van der Waals surface area contributed by atoms with Gasteiger partial charge in [0.05, 0.1) is 0 Å². The van der Waals surface area contributed by atoms with Crippen molar-refractivity contribution in [3.05, 3.63) is 66.0 Å². The molecule has 2 aromatic carbocycles. The summed E-state index contributed by atoms with van der Waals surface area (Å²) in [6, 6.07) is 15.6. The number of likely N-dealkylation sites (tertiary alicyclic amines) is 1. The van der Waals surface area contributed by atoms with Crippen molar-refractivity contribution in [2.45, 2.75) is 19.4 Å². The number of halogens is 1. The average Bonchev–Trinajstić information content (AvgIpc) is 3.21. The lowest BCUT2D eigenvalue weighted by Gasteiger charge is -2.17. The second-order valence-corrected chi connectivity index (χ2v) is 7.43. The van der Waals surface area contributed by atoms with Gasteiger partial charge in [-0.3, -0.25) is 4.79 Å². The molecule has 1 aliphatic heterocycles. The quantitative estimate of drug-likeness (QED) is 0.870. The van der Waals surface area contributed by atoms with Gasteiger partial charge in [0.2, 0.25) is 5.91 Å². The van der Waals surface area contributed by atoms with Gasteiger partial charge in [-0.1, -0.05) is 36.4 Å². The smallest absolute Gasteiger partial charge is 0.317 e. The molecule has 3 amide bonds. The number of benzene rings is 2. The SMILES string of the molecule is O=C(Nc1cccc(F)c1)C1CC12CCN(C(=O)NCc1ccccc1)C2. The Kier molecular flexibility index (Phi) is 4.56. The average molecular weight is 367 g/mol. The number of urea groups is 1. The van der Waals surface area contributed by atoms with Crippen LogP contribution in [-0.2, 0) is 11.3 Å². The van der Waals surface area contributed by atoms with Crippen LogP contribution in [0.15, 0.2) is 54.6 Å². The van der Waals surface area contributed by atoms with Crippen LogP contribution in [0.5, 0.6) is 0 Å². The van der Waals surface area contributed by atoms with E-state index < -0.39 is 0 Å². The summed E-state index contributed by atoms with van der Waals surface area (Å²) in [5.74, 6) is -0.583. The van der Waals surface area contributed by atoms with Crippen LogP contribution in [0.2, 0.25) is 0 Å². The first-order valence-corrected chi connectivity index (χ1v) is 9.19. The maximum Gasteiger partial charge on any atom is 0.317 e. The number of nitrogens with one attached hydrogen (secondary N) is 2. The van der Waals surface area contributed by atoms with Crippen molar-refractivity contribution >= 4 is 17.6 Å². The zero-order chi connectivity index (χ0) is 18.9. The van der Waals surface area contributed by atoms with Gasteiger partial charge in [0.1, 0.15) is 5.82 Å². The molecular formula is C21H22FN3O2. The van der Waals surface area contributed by atoms with Crippen molar-refractivity contribution in [3.63, 3.8) is 0 Å². The number of carbonyl (C=O) groups is 2. The number of rotatable bonds is 4. The molecule has 0 bridgehead atoms. The van der Waals surface area contributed by atoms with Crippen LogP contribution in [0, 0.1) is 17.2 Å². The molecule has 6 heteroatoms. The zero-order valence-corrected chi connectivity index (χ0v) is 15.0. The highest BCUT2D eigenvalue weighted by atomic mass is 19.1. The lowest BCUT2D eigenvalue weighted by molar-refractivity contribution is -0.118. The Balaban J connectivity index is 1.29. The minimum atomic E-state index is -0.375. The largest absolute Gasteiger partial charge is 0.334 e. The van der Waals surface area contributed by atoms with Gasteiger partial charge in [-0.15, -0.1) is 0 Å². The standard InChI is InChI=1S/C21H22FN3O2/c22-16-7-4-8-17(11-16)24-19(26)18-12-21(18)9-10-25(14-21)20(27)23-13-15-5-2-1-3-6-15/h1-8,11,18H,9-10,12-14H2,(H,23,27)(H,24,26). The molecule has 2 N–H and O–H groups in total. The predicted molar refractivity (Wildman–Crippen MR) is 100 cm³/mol. The first kappa shape index (κ1) is 17.5. The van der Waals surface area contributed by atoms with Crippen LogP contribution in [0.25, 0.3) is 0 Å². The topological polar surface area (TPSA) is 61.4 Å². The zero-order valence-electron chi connectivity index (χ0n) is 15.0. The minimum absolute atomic E-state index is 0.0906. The lowest BCUT2D eigenvalue weighted by atomic mass is 10.0. The van der Waals surface area contributed by atoms with Crippen molar-refractivity contribution in [3.8, 4) is 0 Å². The lowest BCUT2D eigenvalue weighted by Crippen LogP contribution is -2.38. The Labute approximate surface area is 157 Å². The molecule has 4 rings (SSSR count). The van der Waals surface area contributed by atoms with E-state index >= 15 is 0 Å². The van der Waals surface area contributed by atoms with Gasteiger partial charge >= 0.3 is 6.03 Å². The van der Waals surface area contributed by atoms with Crippen LogP contribution < -0.4 is 10.6 Å². The van der Waals surface area contributed by atoms with E-state index in [0.717, 1.165) is 18.4 Å². The number of carbonyl (C=O) groups excluding carboxylic acids is 2. The molecule has 1 aliphatic carbocycles. The summed E-state index contributed by atoms with van der Waals surface area (Å²) >= 11 is 0. The maximum absolute atomic E-state index is 13.3. The molecule has 1 saturated carbocycles. The summed E-state index contributed by atoms with van der Waals surface area (Å²) in [6.45, 7) is 1.74. The predicted octanol–water partition coefficient (Wildman–Crippen LogP) is 3.39. The van der Waals surface area contributed by atoms with E-state index in [9.17, 15) is 14.0 Å². The fourth-order valence-electron chi connectivity index (χ4n) is 3.92. The molecule has 2 atom stereocenters. The van der Waals surface area contributed by atoms with Gasteiger partial charge in [-0.05, 0) is 36.6 Å². The molecule has 2 unspecified atom stereocenters. The third kappa shape index (κ3) is 3.79. The number of hydrogen-bond donors (Lipinski definition) is 2. The van der Waals surface area contributed by atoms with E-state index in [1.165, 1.54) is 12.1 Å². The Hall–Kier alpha value is -2.89. The van der Waals surface area contributed by atoms with Crippen LogP contribution in [0.4, 0.5) is 14.9 Å². The summed E-state index contributed by atoms with van der Waals surface area (Å²) < 4.78 is 13.3. The van der Waals surface area contributed by atoms with E-state index in [0.29, 0.717) is 25.3 Å². The molecule has 1 heterocycles. The fourth-order valence-corrected chi connectivity index (χ4v) is 3.92. The van der Waals surface area contributed by atoms with Crippen molar-refractivity contribution in [1.29, 1.82) is 0 Å². The van der Waals surface area contributed by atoms with E-state index in [2.05, 4.69) is 10.6 Å². The van der Waals surface area contributed by atoms with Crippen LogP contribution in [0.1, 0.15) is 18.4 Å². The molecule has 2 aromatic rings. The van der Waals surface area contributed by atoms with Crippen LogP contribution >= 0.6 is 0 Å². The van der Waals surface area contributed by atoms with E-state index in [1.807, 2.05) is 30.3 Å². The van der Waals surface area contributed by atoms with Crippen molar-refractivity contribution in [2.75, 3.05) is 18.4 Å². The van der Waals surface area contributed by atoms with Crippen molar-refractivity contribution < 1.29 is 14.0 Å². The highest BCUT2D eigenvalue weighted by molar-refractivity contribution is 5.95. The second kappa shape index (κ2) is 7.02. The molecule has 1 spiro atoms. The fraction of sp³-hybridized carbons (Fsp3) is 0.333. The molecular weight excluding hydrogens is 345 g/mol. The van der Waals surface area contributed by atoms with Crippen LogP contribution in [-0.4, -0.2) is 29.9 Å². The monoisotopic (exact) mass is 367 g/mol. The number of nitrogens with zero attached hydrogens (tertiary/aromatic N) is 1. The summed E-state index contributed by atoms with van der Waals surface area (Å²) in [4.78, 5) is 26.7. The second-order valence-electron chi connectivity index (χ2n) is 7.43. The molecule has 0 aromatic heterocycles. The summed E-state index contributed by atoms with van der Waals surface area (Å²) in [5.41, 5.74) is 1.40. The van der Waals surface area contributed by atoms with E-state index in [4.69, 9.17) is 0 Å². The number of amides is 3. The van der Waals surface area contributed by atoms with Gasteiger partial charge in [-0.2, -0.15) is 0 Å². The van der Waals surface area contributed by atoms with Gasteiger partial charge in [0.15, 0.2) is 0 Å².